The second-order valence-corrected chi connectivity index (χ2v) is 6.97. The second kappa shape index (κ2) is 10.8. The predicted molar refractivity (Wildman–Crippen MR) is 110 cm³/mol. The molecule has 31 heavy (non-hydrogen) atoms. The zero-order valence-corrected chi connectivity index (χ0v) is 17.4. The Labute approximate surface area is 178 Å². The Morgan fingerprint density at radius 1 is 1.00 bits per heavy atom. The summed E-state index contributed by atoms with van der Waals surface area (Å²) in [7, 11) is 1.61. The first-order valence-corrected chi connectivity index (χ1v) is 9.63. The summed E-state index contributed by atoms with van der Waals surface area (Å²) in [6, 6.07) is 11.1. The molecule has 0 unspecified atom stereocenters. The lowest BCUT2D eigenvalue weighted by Gasteiger charge is -2.24. The highest BCUT2D eigenvalue weighted by molar-refractivity contribution is 5.91. The number of hydrogen-bond acceptors (Lipinski definition) is 4. The zero-order chi connectivity index (χ0) is 23.0. The van der Waals surface area contributed by atoms with Gasteiger partial charge in [0.2, 0.25) is 5.91 Å². The van der Waals surface area contributed by atoms with Crippen LogP contribution >= 0.6 is 0 Å². The molecule has 0 heterocycles. The Balaban J connectivity index is 1.84. The minimum absolute atomic E-state index is 0.0777. The van der Waals surface area contributed by atoms with Gasteiger partial charge >= 0.3 is 6.18 Å². The predicted octanol–water partition coefficient (Wildman–Crippen LogP) is 3.48. The normalized spacial score (nSPS) is 11.2. The number of hydrogen-bond donors (Lipinski definition) is 1. The third-order valence-corrected chi connectivity index (χ3v) is 4.66. The number of amides is 2. The Hall–Kier alpha value is -3.07. The maximum atomic E-state index is 12.7. The molecule has 0 aliphatic heterocycles. The number of anilines is 1. The van der Waals surface area contributed by atoms with Crippen molar-refractivity contribution in [1.82, 2.24) is 4.90 Å². The van der Waals surface area contributed by atoms with Gasteiger partial charge in [-0.2, -0.15) is 13.2 Å². The molecule has 0 radical (unpaired) electrons. The van der Waals surface area contributed by atoms with Crippen LogP contribution < -0.4 is 9.64 Å². The van der Waals surface area contributed by atoms with Crippen molar-refractivity contribution in [2.45, 2.75) is 26.1 Å². The van der Waals surface area contributed by atoms with Gasteiger partial charge in [-0.05, 0) is 48.4 Å². The van der Waals surface area contributed by atoms with Crippen LogP contribution in [0.1, 0.15) is 24.5 Å². The van der Waals surface area contributed by atoms with Gasteiger partial charge in [0.1, 0.15) is 5.75 Å². The number of aliphatic hydroxyl groups excluding tert-OH is 1. The largest absolute Gasteiger partial charge is 0.484 e. The number of carbonyl (C=O) groups excluding carboxylic acids is 2. The summed E-state index contributed by atoms with van der Waals surface area (Å²) < 4.78 is 43.6. The SMILES string of the molecule is CC(=O)N(CCCN(C)C(=O)COc1ccc(CO)cc1)c1ccc(C(F)(F)F)cc1. The molecule has 0 aliphatic rings. The Morgan fingerprint density at radius 2 is 1.61 bits per heavy atom. The van der Waals surface area contributed by atoms with Crippen molar-refractivity contribution in [1.29, 1.82) is 0 Å². The van der Waals surface area contributed by atoms with E-state index in [9.17, 15) is 22.8 Å². The van der Waals surface area contributed by atoms with Crippen LogP contribution in [0.5, 0.6) is 5.75 Å². The van der Waals surface area contributed by atoms with E-state index in [0.717, 1.165) is 17.7 Å². The molecule has 1 N–H and O–H groups in total. The van der Waals surface area contributed by atoms with Gasteiger partial charge < -0.3 is 19.6 Å². The molecule has 168 valence electrons. The van der Waals surface area contributed by atoms with E-state index in [1.807, 2.05) is 0 Å². The second-order valence-electron chi connectivity index (χ2n) is 6.97. The number of ether oxygens (including phenoxy) is 1. The van der Waals surface area contributed by atoms with Gasteiger partial charge in [-0.1, -0.05) is 12.1 Å². The quantitative estimate of drug-likeness (QED) is 0.651. The van der Waals surface area contributed by atoms with Crippen molar-refractivity contribution < 1.29 is 32.6 Å². The third kappa shape index (κ3) is 7.29. The first-order valence-electron chi connectivity index (χ1n) is 9.63. The summed E-state index contributed by atoms with van der Waals surface area (Å²) in [5.74, 6) is -0.0532. The van der Waals surface area contributed by atoms with Crippen molar-refractivity contribution in [3.63, 3.8) is 0 Å². The molecule has 0 aromatic heterocycles. The van der Waals surface area contributed by atoms with Crippen LogP contribution in [0.3, 0.4) is 0 Å². The fourth-order valence-corrected chi connectivity index (χ4v) is 2.84. The van der Waals surface area contributed by atoms with E-state index >= 15 is 0 Å². The number of benzene rings is 2. The van der Waals surface area contributed by atoms with E-state index in [1.54, 1.807) is 31.3 Å². The summed E-state index contributed by atoms with van der Waals surface area (Å²) >= 11 is 0. The van der Waals surface area contributed by atoms with Gasteiger partial charge in [-0.25, -0.2) is 0 Å². The standard InChI is InChI=1S/C22H25F3N2O4/c1-16(29)27(19-8-6-18(7-9-19)22(23,24)25)13-3-12-26(2)21(30)15-31-20-10-4-17(14-28)5-11-20/h4-11,28H,3,12-15H2,1-2H3. The number of carbonyl (C=O) groups is 2. The van der Waals surface area contributed by atoms with Crippen molar-refractivity contribution in [3.8, 4) is 5.75 Å². The van der Waals surface area contributed by atoms with E-state index < -0.39 is 11.7 Å². The first kappa shape index (κ1) is 24.2. The van der Waals surface area contributed by atoms with Gasteiger partial charge in [0.25, 0.3) is 5.91 Å². The van der Waals surface area contributed by atoms with Gasteiger partial charge in [0, 0.05) is 32.7 Å². The molecular formula is C22H25F3N2O4. The van der Waals surface area contributed by atoms with E-state index in [-0.39, 0.29) is 31.6 Å². The zero-order valence-electron chi connectivity index (χ0n) is 17.4. The highest BCUT2D eigenvalue weighted by Crippen LogP contribution is 2.30. The van der Waals surface area contributed by atoms with Gasteiger partial charge in [0.15, 0.2) is 6.61 Å². The monoisotopic (exact) mass is 438 g/mol. The molecule has 0 atom stereocenters. The van der Waals surface area contributed by atoms with Gasteiger partial charge in [-0.15, -0.1) is 0 Å². The highest BCUT2D eigenvalue weighted by atomic mass is 19.4. The molecule has 2 rings (SSSR count). The molecule has 2 aromatic rings. The Morgan fingerprint density at radius 3 is 2.13 bits per heavy atom. The maximum absolute atomic E-state index is 12.7. The molecule has 2 aromatic carbocycles. The average Bonchev–Trinajstić information content (AvgIpc) is 2.74. The molecule has 0 saturated carbocycles. The molecule has 2 amide bonds. The summed E-state index contributed by atoms with van der Waals surface area (Å²) in [4.78, 5) is 27.0. The first-order chi connectivity index (χ1) is 14.6. The smallest absolute Gasteiger partial charge is 0.416 e. The number of nitrogens with zero attached hydrogens (tertiary/aromatic N) is 2. The van der Waals surface area contributed by atoms with Crippen LogP contribution in [0.4, 0.5) is 18.9 Å². The topological polar surface area (TPSA) is 70.1 Å². The fraction of sp³-hybridized carbons (Fsp3) is 0.364. The summed E-state index contributed by atoms with van der Waals surface area (Å²) in [6.45, 7) is 1.69. The number of aliphatic hydroxyl groups is 1. The minimum Gasteiger partial charge on any atom is -0.484 e. The molecule has 0 aliphatic carbocycles. The van der Waals surface area contributed by atoms with Crippen molar-refractivity contribution in [2.75, 3.05) is 31.6 Å². The van der Waals surface area contributed by atoms with Crippen LogP contribution in [0.2, 0.25) is 0 Å². The van der Waals surface area contributed by atoms with Crippen LogP contribution in [0.15, 0.2) is 48.5 Å². The maximum Gasteiger partial charge on any atom is 0.416 e. The molecule has 9 heteroatoms. The van der Waals surface area contributed by atoms with Gasteiger partial charge in [-0.3, -0.25) is 9.59 Å². The van der Waals surface area contributed by atoms with Crippen molar-refractivity contribution in [2.24, 2.45) is 0 Å². The van der Waals surface area contributed by atoms with E-state index in [1.165, 1.54) is 28.9 Å². The van der Waals surface area contributed by atoms with Crippen molar-refractivity contribution >= 4 is 17.5 Å². The minimum atomic E-state index is -4.44. The summed E-state index contributed by atoms with van der Waals surface area (Å²) in [6.07, 6.45) is -4.00. The Kier molecular flexibility index (Phi) is 8.44. The molecule has 6 nitrogen and oxygen atoms in total. The number of rotatable bonds is 9. The third-order valence-electron chi connectivity index (χ3n) is 4.66. The lowest BCUT2D eigenvalue weighted by Crippen LogP contribution is -2.35. The van der Waals surface area contributed by atoms with Gasteiger partial charge in [0.05, 0.1) is 12.2 Å². The number of alkyl halides is 3. The number of halogens is 3. The van der Waals surface area contributed by atoms with E-state index in [2.05, 4.69) is 0 Å². The van der Waals surface area contributed by atoms with E-state index in [4.69, 9.17) is 9.84 Å². The highest BCUT2D eigenvalue weighted by Gasteiger charge is 2.30. The van der Waals surface area contributed by atoms with Crippen LogP contribution in [-0.4, -0.2) is 48.6 Å². The fourth-order valence-electron chi connectivity index (χ4n) is 2.84. The average molecular weight is 438 g/mol. The number of likely N-dealkylation sites (N-methyl/N-ethyl adjacent to an activating group) is 1. The lowest BCUT2D eigenvalue weighted by atomic mass is 10.2. The summed E-state index contributed by atoms with van der Waals surface area (Å²) in [5, 5.41) is 9.02. The van der Waals surface area contributed by atoms with Crippen molar-refractivity contribution in [3.05, 3.63) is 59.7 Å². The lowest BCUT2D eigenvalue weighted by molar-refractivity contribution is -0.137. The van der Waals surface area contributed by atoms with Crippen LogP contribution in [-0.2, 0) is 22.4 Å². The summed E-state index contributed by atoms with van der Waals surface area (Å²) in [5.41, 5.74) is 0.319. The molecule has 0 saturated heterocycles. The molecular weight excluding hydrogens is 413 g/mol. The molecule has 0 fully saturated rings. The molecule has 0 spiro atoms. The van der Waals surface area contributed by atoms with Crippen LogP contribution in [0.25, 0.3) is 0 Å². The van der Waals surface area contributed by atoms with E-state index in [0.29, 0.717) is 24.4 Å². The van der Waals surface area contributed by atoms with Crippen LogP contribution in [0, 0.1) is 0 Å². The Bertz CT molecular complexity index is 868. The molecule has 0 bridgehead atoms.